The summed E-state index contributed by atoms with van der Waals surface area (Å²) in [4.78, 5) is 13.9. The van der Waals surface area contributed by atoms with Gasteiger partial charge in [0.1, 0.15) is 6.61 Å². The Morgan fingerprint density at radius 3 is 2.95 bits per heavy atom. The van der Waals surface area contributed by atoms with Crippen LogP contribution in [0.25, 0.3) is 0 Å². The van der Waals surface area contributed by atoms with Crippen LogP contribution in [0.2, 0.25) is 0 Å². The van der Waals surface area contributed by atoms with Crippen molar-refractivity contribution in [3.05, 3.63) is 35.9 Å². The van der Waals surface area contributed by atoms with E-state index in [1.807, 2.05) is 6.07 Å². The van der Waals surface area contributed by atoms with Gasteiger partial charge in [-0.25, -0.2) is 0 Å². The lowest BCUT2D eigenvalue weighted by Gasteiger charge is -2.33. The lowest BCUT2D eigenvalue weighted by atomic mass is 10.0. The maximum Gasteiger partial charge on any atom is 0.246 e. The van der Waals surface area contributed by atoms with Crippen molar-refractivity contribution in [2.45, 2.75) is 25.4 Å². The first kappa shape index (κ1) is 14.0. The number of rotatable bonds is 5. The molecule has 1 N–H and O–H groups in total. The second-order valence-electron chi connectivity index (χ2n) is 5.06. The Morgan fingerprint density at radius 1 is 1.42 bits per heavy atom. The summed E-state index contributed by atoms with van der Waals surface area (Å²) in [5.41, 5.74) is 1.33. The molecule has 0 radical (unpaired) electrons. The summed E-state index contributed by atoms with van der Waals surface area (Å²) in [7, 11) is 1.54. The lowest BCUT2D eigenvalue weighted by Crippen LogP contribution is -2.48. The highest BCUT2D eigenvalue weighted by Crippen LogP contribution is 2.13. The summed E-state index contributed by atoms with van der Waals surface area (Å²) >= 11 is 0. The molecule has 1 unspecified atom stereocenters. The van der Waals surface area contributed by atoms with Crippen molar-refractivity contribution in [1.29, 1.82) is 0 Å². The van der Waals surface area contributed by atoms with Crippen LogP contribution in [0.15, 0.2) is 30.3 Å². The molecule has 1 fully saturated rings. The summed E-state index contributed by atoms with van der Waals surface area (Å²) in [6.07, 6.45) is 2.19. The molecule has 1 aliphatic rings. The van der Waals surface area contributed by atoms with Crippen LogP contribution in [0.5, 0.6) is 0 Å². The van der Waals surface area contributed by atoms with Crippen molar-refractivity contribution in [3.63, 3.8) is 0 Å². The van der Waals surface area contributed by atoms with E-state index >= 15 is 0 Å². The van der Waals surface area contributed by atoms with E-state index in [2.05, 4.69) is 34.5 Å². The predicted molar refractivity (Wildman–Crippen MR) is 74.8 cm³/mol. The number of amides is 1. The van der Waals surface area contributed by atoms with Gasteiger partial charge < -0.3 is 10.1 Å². The minimum atomic E-state index is -0.0194. The smallest absolute Gasteiger partial charge is 0.246 e. The molecule has 0 aliphatic carbocycles. The van der Waals surface area contributed by atoms with Gasteiger partial charge in [0.05, 0.1) is 0 Å². The molecule has 104 valence electrons. The fourth-order valence-electron chi connectivity index (χ4n) is 2.56. The number of hydrogen-bond donors (Lipinski definition) is 1. The van der Waals surface area contributed by atoms with E-state index in [1.165, 1.54) is 5.56 Å². The first-order chi connectivity index (χ1) is 9.28. The van der Waals surface area contributed by atoms with Crippen LogP contribution < -0.4 is 5.32 Å². The number of likely N-dealkylation sites (tertiary alicyclic amines) is 1. The van der Waals surface area contributed by atoms with Crippen LogP contribution in [0, 0.1) is 0 Å². The molecule has 1 aliphatic heterocycles. The molecule has 1 aromatic rings. The van der Waals surface area contributed by atoms with Gasteiger partial charge in [0.2, 0.25) is 5.91 Å². The van der Waals surface area contributed by atoms with Gasteiger partial charge in [0, 0.05) is 26.2 Å². The Balaban J connectivity index is 1.82. The SMILES string of the molecule is COCC(=O)NC1CCCN(Cc2ccccc2)C1. The second kappa shape index (κ2) is 7.26. The predicted octanol–water partition coefficient (Wildman–Crippen LogP) is 1.41. The summed E-state index contributed by atoms with van der Waals surface area (Å²) in [5.74, 6) is -0.0194. The van der Waals surface area contributed by atoms with Crippen LogP contribution in [-0.2, 0) is 16.1 Å². The topological polar surface area (TPSA) is 41.6 Å². The molecule has 4 heteroatoms. The highest BCUT2D eigenvalue weighted by Gasteiger charge is 2.21. The van der Waals surface area contributed by atoms with Crippen molar-refractivity contribution in [2.24, 2.45) is 0 Å². The van der Waals surface area contributed by atoms with E-state index < -0.39 is 0 Å². The third kappa shape index (κ3) is 4.65. The van der Waals surface area contributed by atoms with E-state index in [0.717, 1.165) is 32.5 Å². The number of piperidine rings is 1. The highest BCUT2D eigenvalue weighted by atomic mass is 16.5. The van der Waals surface area contributed by atoms with E-state index in [-0.39, 0.29) is 18.6 Å². The normalized spacial score (nSPS) is 20.2. The molecule has 0 aromatic heterocycles. The number of nitrogens with one attached hydrogen (secondary N) is 1. The van der Waals surface area contributed by atoms with Gasteiger partial charge in [-0.1, -0.05) is 30.3 Å². The molecule has 2 rings (SSSR count). The number of methoxy groups -OCH3 is 1. The van der Waals surface area contributed by atoms with Crippen LogP contribution in [0.4, 0.5) is 0 Å². The molecule has 0 bridgehead atoms. The minimum absolute atomic E-state index is 0.0194. The van der Waals surface area contributed by atoms with Gasteiger partial charge in [-0.15, -0.1) is 0 Å². The van der Waals surface area contributed by atoms with E-state index in [4.69, 9.17) is 4.74 Å². The summed E-state index contributed by atoms with van der Waals surface area (Å²) in [6.45, 7) is 3.13. The molecule has 1 heterocycles. The molecule has 1 amide bonds. The Kier molecular flexibility index (Phi) is 5.36. The minimum Gasteiger partial charge on any atom is -0.375 e. The molecule has 1 aromatic carbocycles. The van der Waals surface area contributed by atoms with Crippen molar-refractivity contribution in [2.75, 3.05) is 26.8 Å². The van der Waals surface area contributed by atoms with E-state index in [1.54, 1.807) is 7.11 Å². The van der Waals surface area contributed by atoms with Crippen LogP contribution >= 0.6 is 0 Å². The van der Waals surface area contributed by atoms with Crippen LogP contribution in [0.1, 0.15) is 18.4 Å². The summed E-state index contributed by atoms with van der Waals surface area (Å²) in [5, 5.41) is 3.03. The number of nitrogens with zero attached hydrogens (tertiary/aromatic N) is 1. The third-order valence-electron chi connectivity index (χ3n) is 3.40. The Labute approximate surface area is 114 Å². The molecule has 4 nitrogen and oxygen atoms in total. The van der Waals surface area contributed by atoms with Gasteiger partial charge in [-0.05, 0) is 24.9 Å². The fraction of sp³-hybridized carbons (Fsp3) is 0.533. The Bertz CT molecular complexity index is 394. The molecule has 0 saturated carbocycles. The van der Waals surface area contributed by atoms with Gasteiger partial charge >= 0.3 is 0 Å². The average molecular weight is 262 g/mol. The first-order valence-corrected chi connectivity index (χ1v) is 6.82. The standard InChI is InChI=1S/C15H22N2O2/c1-19-12-15(18)16-14-8-5-9-17(11-14)10-13-6-3-2-4-7-13/h2-4,6-7,14H,5,8-12H2,1H3,(H,16,18). The van der Waals surface area contributed by atoms with Crippen molar-refractivity contribution in [1.82, 2.24) is 10.2 Å². The fourth-order valence-corrected chi connectivity index (χ4v) is 2.56. The van der Waals surface area contributed by atoms with E-state index in [0.29, 0.717) is 0 Å². The molecule has 1 saturated heterocycles. The molecule has 19 heavy (non-hydrogen) atoms. The lowest BCUT2D eigenvalue weighted by molar-refractivity contribution is -0.125. The van der Waals surface area contributed by atoms with Gasteiger partial charge in [-0.3, -0.25) is 9.69 Å². The number of carbonyl (C=O) groups excluding carboxylic acids is 1. The Hall–Kier alpha value is -1.39. The summed E-state index contributed by atoms with van der Waals surface area (Å²) < 4.78 is 4.84. The van der Waals surface area contributed by atoms with E-state index in [9.17, 15) is 4.79 Å². The number of benzene rings is 1. The number of hydrogen-bond acceptors (Lipinski definition) is 3. The second-order valence-corrected chi connectivity index (χ2v) is 5.06. The maximum atomic E-state index is 11.5. The van der Waals surface area contributed by atoms with Crippen LogP contribution in [-0.4, -0.2) is 43.7 Å². The zero-order chi connectivity index (χ0) is 13.5. The van der Waals surface area contributed by atoms with Crippen molar-refractivity contribution >= 4 is 5.91 Å². The maximum absolute atomic E-state index is 11.5. The molecule has 0 spiro atoms. The highest BCUT2D eigenvalue weighted by molar-refractivity contribution is 5.77. The number of carbonyl (C=O) groups is 1. The molecule has 1 atom stereocenters. The quantitative estimate of drug-likeness (QED) is 0.872. The number of ether oxygens (including phenoxy) is 1. The van der Waals surface area contributed by atoms with Crippen LogP contribution in [0.3, 0.4) is 0 Å². The van der Waals surface area contributed by atoms with Crippen molar-refractivity contribution < 1.29 is 9.53 Å². The van der Waals surface area contributed by atoms with Gasteiger partial charge in [0.25, 0.3) is 0 Å². The largest absolute Gasteiger partial charge is 0.375 e. The molecular weight excluding hydrogens is 240 g/mol. The monoisotopic (exact) mass is 262 g/mol. The Morgan fingerprint density at radius 2 is 2.21 bits per heavy atom. The average Bonchev–Trinajstić information content (AvgIpc) is 2.40. The van der Waals surface area contributed by atoms with Gasteiger partial charge in [0.15, 0.2) is 0 Å². The third-order valence-corrected chi connectivity index (χ3v) is 3.40. The van der Waals surface area contributed by atoms with Crippen molar-refractivity contribution in [3.8, 4) is 0 Å². The zero-order valence-corrected chi connectivity index (χ0v) is 11.5. The van der Waals surface area contributed by atoms with Gasteiger partial charge in [-0.2, -0.15) is 0 Å². The summed E-state index contributed by atoms with van der Waals surface area (Å²) in [6, 6.07) is 10.7. The molecular formula is C15H22N2O2. The zero-order valence-electron chi connectivity index (χ0n) is 11.5. The first-order valence-electron chi connectivity index (χ1n) is 6.82.